The van der Waals surface area contributed by atoms with E-state index in [0.717, 1.165) is 30.9 Å². The molecule has 1 aliphatic carbocycles. The topological polar surface area (TPSA) is 112 Å². The number of rotatable bonds is 6. The van der Waals surface area contributed by atoms with Crippen LogP contribution in [0.4, 0.5) is 27.4 Å². The summed E-state index contributed by atoms with van der Waals surface area (Å²) in [6.07, 6.45) is 8.81. The zero-order chi connectivity index (χ0) is 34.2. The van der Waals surface area contributed by atoms with E-state index in [2.05, 4.69) is 46.0 Å². The molecule has 8 rings (SSSR count). The van der Waals surface area contributed by atoms with Crippen molar-refractivity contribution in [2.24, 2.45) is 17.9 Å². The largest absolute Gasteiger partial charge is 0.392 e. The van der Waals surface area contributed by atoms with Gasteiger partial charge in [0.25, 0.3) is 11.5 Å². The van der Waals surface area contributed by atoms with E-state index in [4.69, 9.17) is 0 Å². The van der Waals surface area contributed by atoms with Gasteiger partial charge in [0, 0.05) is 81.1 Å². The highest BCUT2D eigenvalue weighted by Crippen LogP contribution is 2.43. The van der Waals surface area contributed by atoms with Gasteiger partial charge in [-0.1, -0.05) is 13.8 Å². The zero-order valence-electron chi connectivity index (χ0n) is 28.6. The van der Waals surface area contributed by atoms with Crippen molar-refractivity contribution in [2.45, 2.75) is 52.7 Å². The zero-order valence-corrected chi connectivity index (χ0v) is 28.6. The van der Waals surface area contributed by atoms with Crippen LogP contribution in [0.15, 0.2) is 47.7 Å². The van der Waals surface area contributed by atoms with Crippen molar-refractivity contribution in [3.05, 3.63) is 81.5 Å². The molecule has 4 aliphatic rings. The molecule has 3 aliphatic heterocycles. The Labute approximate surface area is 285 Å². The molecule has 0 bridgehead atoms. The first-order chi connectivity index (χ1) is 23.5. The fourth-order valence-corrected chi connectivity index (χ4v) is 8.68. The Bertz CT molecular complexity index is 2020. The Morgan fingerprint density at radius 2 is 1.78 bits per heavy atom. The average molecular weight is 667 g/mol. The number of aromatic nitrogens is 4. The van der Waals surface area contributed by atoms with Crippen molar-refractivity contribution < 1.29 is 14.3 Å². The number of pyridine rings is 3. The van der Waals surface area contributed by atoms with Crippen molar-refractivity contribution in [2.75, 3.05) is 54.9 Å². The number of carbonyl (C=O) groups is 1. The number of fused-ring (bicyclic) bond motifs is 3. The number of hydrogen-bond acceptors (Lipinski definition) is 8. The summed E-state index contributed by atoms with van der Waals surface area (Å²) in [6.45, 7) is 8.95. The van der Waals surface area contributed by atoms with Gasteiger partial charge in [-0.2, -0.15) is 0 Å². The van der Waals surface area contributed by atoms with Gasteiger partial charge in [-0.25, -0.2) is 14.4 Å². The fourth-order valence-electron chi connectivity index (χ4n) is 8.68. The average Bonchev–Trinajstić information content (AvgIpc) is 3.53. The highest BCUT2D eigenvalue weighted by molar-refractivity contribution is 6.06. The summed E-state index contributed by atoms with van der Waals surface area (Å²) in [5, 5.41) is 13.8. The molecule has 0 unspecified atom stereocenters. The highest BCUT2D eigenvalue weighted by Gasteiger charge is 2.43. The second kappa shape index (κ2) is 11.5. The van der Waals surface area contributed by atoms with Gasteiger partial charge < -0.3 is 29.4 Å². The maximum atomic E-state index is 15.7. The third-order valence-electron chi connectivity index (χ3n) is 11.1. The molecule has 0 aromatic carbocycles. The van der Waals surface area contributed by atoms with Gasteiger partial charge in [0.2, 0.25) is 0 Å². The number of amides is 1. The predicted molar refractivity (Wildman–Crippen MR) is 187 cm³/mol. The highest BCUT2D eigenvalue weighted by atomic mass is 19.1. The molecule has 2 saturated heterocycles. The number of carbonyl (C=O) groups excluding carboxylic acids is 1. The normalized spacial score (nSPS) is 19.6. The van der Waals surface area contributed by atoms with Crippen LogP contribution in [-0.2, 0) is 33.0 Å². The standard InChI is InChI=1S/C37H43FN8O3/c1-36(2)16-26-29(17-36)45-13-14-46(35(49)32(45)31(26)38)33-27(20-47)25(7-10-39-33)23-15-28(34(48)43(4)19-23)41-30-6-5-24(18-40-30)44-11-8-37(9-12-44)21-42(3)22-37/h5-7,10,15,18-19,47H,8-9,11-14,16-17,20-22H2,1-4H3,(H,40,41). The lowest BCUT2D eigenvalue weighted by Crippen LogP contribution is -2.58. The van der Waals surface area contributed by atoms with Gasteiger partial charge in [0.15, 0.2) is 5.82 Å². The first-order valence-electron chi connectivity index (χ1n) is 17.1. The van der Waals surface area contributed by atoms with Crippen LogP contribution in [0.3, 0.4) is 0 Å². The number of hydrogen-bond donors (Lipinski definition) is 2. The van der Waals surface area contributed by atoms with Gasteiger partial charge in [-0.05, 0) is 73.4 Å². The van der Waals surface area contributed by atoms with Crippen molar-refractivity contribution in [3.63, 3.8) is 0 Å². The van der Waals surface area contributed by atoms with E-state index in [1.54, 1.807) is 31.6 Å². The molecule has 0 atom stereocenters. The Morgan fingerprint density at radius 1 is 1.00 bits per heavy atom. The summed E-state index contributed by atoms with van der Waals surface area (Å²) in [5.41, 5.74) is 4.89. The van der Waals surface area contributed by atoms with E-state index in [0.29, 0.717) is 58.7 Å². The third kappa shape index (κ3) is 5.32. The summed E-state index contributed by atoms with van der Waals surface area (Å²) in [4.78, 5) is 42.5. The Morgan fingerprint density at radius 3 is 2.47 bits per heavy atom. The summed E-state index contributed by atoms with van der Waals surface area (Å²) in [5.74, 6) is -0.0826. The number of nitrogens with one attached hydrogen (secondary N) is 1. The van der Waals surface area contributed by atoms with Crippen molar-refractivity contribution >= 4 is 28.9 Å². The van der Waals surface area contributed by atoms with Crippen molar-refractivity contribution in [3.8, 4) is 11.1 Å². The van der Waals surface area contributed by atoms with Gasteiger partial charge in [0.1, 0.15) is 23.0 Å². The number of anilines is 4. The molecule has 1 spiro atoms. The molecule has 12 heteroatoms. The van der Waals surface area contributed by atoms with Crippen LogP contribution in [0.1, 0.15) is 54.0 Å². The van der Waals surface area contributed by atoms with Crippen LogP contribution in [-0.4, -0.2) is 74.8 Å². The van der Waals surface area contributed by atoms with E-state index in [9.17, 15) is 14.7 Å². The molecule has 4 aromatic heterocycles. The number of aryl methyl sites for hydroxylation is 1. The monoisotopic (exact) mass is 666 g/mol. The lowest BCUT2D eigenvalue weighted by molar-refractivity contribution is 0.00131. The first-order valence-corrected chi connectivity index (χ1v) is 17.1. The number of halogens is 1. The minimum absolute atomic E-state index is 0.0409. The molecule has 4 aromatic rings. The molecule has 1 amide bonds. The maximum absolute atomic E-state index is 15.7. The lowest BCUT2D eigenvalue weighted by Gasteiger charge is -2.53. The summed E-state index contributed by atoms with van der Waals surface area (Å²) >= 11 is 0. The summed E-state index contributed by atoms with van der Waals surface area (Å²) in [6, 6.07) is 7.41. The number of likely N-dealkylation sites (tertiary alicyclic amines) is 1. The molecular formula is C37H43FN8O3. The van der Waals surface area contributed by atoms with E-state index in [-0.39, 0.29) is 22.5 Å². The Kier molecular flexibility index (Phi) is 7.45. The number of piperidine rings is 1. The second-order valence-corrected chi connectivity index (χ2v) is 15.3. The second-order valence-electron chi connectivity index (χ2n) is 15.3. The summed E-state index contributed by atoms with van der Waals surface area (Å²) < 4.78 is 19.0. The quantitative estimate of drug-likeness (QED) is 0.313. The molecule has 11 nitrogen and oxygen atoms in total. The fraction of sp³-hybridized carbons (Fsp3) is 0.459. The molecule has 2 N–H and O–H groups in total. The van der Waals surface area contributed by atoms with Crippen molar-refractivity contribution in [1.29, 1.82) is 0 Å². The number of aliphatic hydroxyl groups excluding tert-OH is 1. The molecular weight excluding hydrogens is 623 g/mol. The maximum Gasteiger partial charge on any atom is 0.279 e. The molecule has 7 heterocycles. The lowest BCUT2D eigenvalue weighted by atomic mass is 9.72. The predicted octanol–water partition coefficient (Wildman–Crippen LogP) is 4.34. The Hall–Kier alpha value is -4.55. The van der Waals surface area contributed by atoms with Gasteiger partial charge in [-0.3, -0.25) is 14.5 Å². The van der Waals surface area contributed by atoms with Crippen LogP contribution < -0.4 is 20.7 Å². The van der Waals surface area contributed by atoms with Crippen LogP contribution in [0.2, 0.25) is 0 Å². The van der Waals surface area contributed by atoms with Gasteiger partial charge in [0.05, 0.1) is 18.5 Å². The Balaban J connectivity index is 1.05. The smallest absolute Gasteiger partial charge is 0.279 e. The van der Waals surface area contributed by atoms with E-state index in [1.165, 1.54) is 35.4 Å². The minimum atomic E-state index is -0.465. The summed E-state index contributed by atoms with van der Waals surface area (Å²) in [7, 11) is 3.85. The first kappa shape index (κ1) is 31.7. The molecule has 0 radical (unpaired) electrons. The number of aliphatic hydroxyl groups is 1. The number of nitrogens with zero attached hydrogens (tertiary/aromatic N) is 7. The van der Waals surface area contributed by atoms with E-state index >= 15 is 4.39 Å². The van der Waals surface area contributed by atoms with Crippen LogP contribution >= 0.6 is 0 Å². The van der Waals surface area contributed by atoms with Crippen LogP contribution in [0.5, 0.6) is 0 Å². The third-order valence-corrected chi connectivity index (χ3v) is 11.1. The molecule has 49 heavy (non-hydrogen) atoms. The van der Waals surface area contributed by atoms with Gasteiger partial charge >= 0.3 is 0 Å². The molecule has 256 valence electrons. The minimum Gasteiger partial charge on any atom is -0.392 e. The van der Waals surface area contributed by atoms with Gasteiger partial charge in [-0.15, -0.1) is 0 Å². The van der Waals surface area contributed by atoms with Crippen LogP contribution in [0, 0.1) is 16.6 Å². The molecule has 2 fully saturated rings. The van der Waals surface area contributed by atoms with Crippen LogP contribution in [0.25, 0.3) is 11.1 Å². The van der Waals surface area contributed by atoms with E-state index in [1.807, 2.05) is 22.9 Å². The SMILES string of the molecule is CN1CC2(CCN(c3ccc(Nc4cc(-c5ccnc(N6CCn7c8c(c(F)c7C6=O)CC(C)(C)C8)c5CO)cn(C)c4=O)nc3)CC2)C1. The van der Waals surface area contributed by atoms with Crippen molar-refractivity contribution in [1.82, 2.24) is 24.0 Å². The van der Waals surface area contributed by atoms with E-state index < -0.39 is 18.3 Å². The molecule has 0 saturated carbocycles.